The number of benzene rings is 1. The van der Waals surface area contributed by atoms with Crippen molar-refractivity contribution in [2.24, 2.45) is 5.41 Å². The molecule has 0 atom stereocenters. The zero-order valence-corrected chi connectivity index (χ0v) is 11.2. The van der Waals surface area contributed by atoms with E-state index in [1.807, 2.05) is 12.1 Å². The molecule has 1 saturated heterocycles. The van der Waals surface area contributed by atoms with Gasteiger partial charge in [-0.1, -0.05) is 36.4 Å². The lowest BCUT2D eigenvalue weighted by Gasteiger charge is -2.39. The number of hydrogen-bond acceptors (Lipinski definition) is 2. The maximum atomic E-state index is 10.9. The predicted octanol–water partition coefficient (Wildman–Crippen LogP) is 2.93. The molecule has 1 heterocycles. The van der Waals surface area contributed by atoms with Crippen LogP contribution in [0.2, 0.25) is 0 Å². The predicted molar refractivity (Wildman–Crippen MR) is 75.8 cm³/mol. The van der Waals surface area contributed by atoms with Gasteiger partial charge >= 0.3 is 5.97 Å². The Balaban J connectivity index is 1.91. The highest BCUT2D eigenvalue weighted by Crippen LogP contribution is 2.36. The first kappa shape index (κ1) is 13.8. The molecular weight excluding hydrogens is 238 g/mol. The van der Waals surface area contributed by atoms with Gasteiger partial charge in [0.05, 0.1) is 6.42 Å². The van der Waals surface area contributed by atoms with Gasteiger partial charge in [-0.15, -0.1) is 6.58 Å². The average Bonchev–Trinajstić information content (AvgIpc) is 2.42. The molecule has 0 unspecified atom stereocenters. The van der Waals surface area contributed by atoms with E-state index in [0.29, 0.717) is 0 Å². The van der Waals surface area contributed by atoms with Crippen LogP contribution < -0.4 is 0 Å². The van der Waals surface area contributed by atoms with Crippen molar-refractivity contribution in [3.05, 3.63) is 48.6 Å². The molecule has 0 saturated carbocycles. The number of piperidine rings is 1. The Morgan fingerprint density at radius 2 is 1.95 bits per heavy atom. The van der Waals surface area contributed by atoms with Gasteiger partial charge in [-0.2, -0.15) is 0 Å². The smallest absolute Gasteiger partial charge is 0.304 e. The Morgan fingerprint density at radius 1 is 1.32 bits per heavy atom. The van der Waals surface area contributed by atoms with Crippen LogP contribution in [-0.2, 0) is 11.3 Å². The van der Waals surface area contributed by atoms with E-state index in [9.17, 15) is 4.79 Å². The van der Waals surface area contributed by atoms with Gasteiger partial charge in [0.1, 0.15) is 0 Å². The van der Waals surface area contributed by atoms with Crippen LogP contribution in [-0.4, -0.2) is 29.1 Å². The fraction of sp³-hybridized carbons (Fsp3) is 0.438. The molecular formula is C16H21NO2. The van der Waals surface area contributed by atoms with Crippen molar-refractivity contribution in [3.63, 3.8) is 0 Å². The number of nitrogens with zero attached hydrogens (tertiary/aromatic N) is 1. The highest BCUT2D eigenvalue weighted by Gasteiger charge is 2.33. The summed E-state index contributed by atoms with van der Waals surface area (Å²) in [6.45, 7) is 6.66. The number of likely N-dealkylation sites (tertiary alicyclic amines) is 1. The third-order valence-corrected chi connectivity index (χ3v) is 4.04. The van der Waals surface area contributed by atoms with Crippen LogP contribution in [0.4, 0.5) is 0 Å². The van der Waals surface area contributed by atoms with E-state index in [-0.39, 0.29) is 11.8 Å². The molecule has 0 amide bonds. The second-order valence-corrected chi connectivity index (χ2v) is 5.40. The molecule has 0 aromatic heterocycles. The summed E-state index contributed by atoms with van der Waals surface area (Å²) in [4.78, 5) is 13.3. The zero-order valence-electron chi connectivity index (χ0n) is 11.2. The fourth-order valence-electron chi connectivity index (χ4n) is 2.75. The fourth-order valence-corrected chi connectivity index (χ4v) is 2.75. The zero-order chi connectivity index (χ0) is 13.7. The molecule has 1 aliphatic rings. The number of hydrogen-bond donors (Lipinski definition) is 1. The molecule has 1 aromatic carbocycles. The first-order chi connectivity index (χ1) is 9.13. The summed E-state index contributed by atoms with van der Waals surface area (Å²) in [5.41, 5.74) is 1.10. The summed E-state index contributed by atoms with van der Waals surface area (Å²) in [6, 6.07) is 10.4. The average molecular weight is 259 g/mol. The monoisotopic (exact) mass is 259 g/mol. The maximum absolute atomic E-state index is 10.9. The number of allylic oxidation sites excluding steroid dienone is 1. The molecule has 3 nitrogen and oxygen atoms in total. The van der Waals surface area contributed by atoms with Crippen LogP contribution in [0, 0.1) is 5.41 Å². The van der Waals surface area contributed by atoms with E-state index in [1.165, 1.54) is 5.56 Å². The topological polar surface area (TPSA) is 40.5 Å². The molecule has 0 aliphatic carbocycles. The third-order valence-electron chi connectivity index (χ3n) is 4.04. The van der Waals surface area contributed by atoms with E-state index >= 15 is 0 Å². The first-order valence-corrected chi connectivity index (χ1v) is 6.75. The summed E-state index contributed by atoms with van der Waals surface area (Å²) in [7, 11) is 0. The summed E-state index contributed by atoms with van der Waals surface area (Å²) in [6.07, 6.45) is 3.82. The van der Waals surface area contributed by atoms with Crippen molar-refractivity contribution >= 4 is 5.97 Å². The standard InChI is InChI=1S/C16H21NO2/c1-2-16(12-15(18)19)8-10-17(11-9-16)13-14-6-4-3-5-7-14/h2-7H,1,8-13H2,(H,18,19). The van der Waals surface area contributed by atoms with Crippen LogP contribution in [0.3, 0.4) is 0 Å². The number of carboxylic acids is 1. The normalized spacial score (nSPS) is 18.9. The Hall–Kier alpha value is -1.61. The summed E-state index contributed by atoms with van der Waals surface area (Å²) in [5.74, 6) is -0.726. The third kappa shape index (κ3) is 3.67. The van der Waals surface area contributed by atoms with Gasteiger partial charge in [-0.25, -0.2) is 0 Å². The first-order valence-electron chi connectivity index (χ1n) is 6.75. The Morgan fingerprint density at radius 3 is 2.47 bits per heavy atom. The van der Waals surface area contributed by atoms with Crippen molar-refractivity contribution in [1.29, 1.82) is 0 Å². The summed E-state index contributed by atoms with van der Waals surface area (Å²) < 4.78 is 0. The van der Waals surface area contributed by atoms with Crippen molar-refractivity contribution in [3.8, 4) is 0 Å². The van der Waals surface area contributed by atoms with E-state index in [1.54, 1.807) is 0 Å². The van der Waals surface area contributed by atoms with Crippen LogP contribution in [0.5, 0.6) is 0 Å². The summed E-state index contributed by atoms with van der Waals surface area (Å²) >= 11 is 0. The van der Waals surface area contributed by atoms with Gasteiger partial charge in [0.25, 0.3) is 0 Å². The van der Waals surface area contributed by atoms with Crippen molar-refractivity contribution in [2.75, 3.05) is 13.1 Å². The summed E-state index contributed by atoms with van der Waals surface area (Å²) in [5, 5.41) is 9.00. The van der Waals surface area contributed by atoms with Crippen molar-refractivity contribution in [2.45, 2.75) is 25.8 Å². The lowest BCUT2D eigenvalue weighted by molar-refractivity contribution is -0.139. The molecule has 0 spiro atoms. The SMILES string of the molecule is C=CC1(CC(=O)O)CCN(Cc2ccccc2)CC1. The van der Waals surface area contributed by atoms with E-state index in [0.717, 1.165) is 32.5 Å². The molecule has 1 fully saturated rings. The van der Waals surface area contributed by atoms with E-state index < -0.39 is 5.97 Å². The van der Waals surface area contributed by atoms with Gasteiger partial charge in [0, 0.05) is 12.0 Å². The van der Waals surface area contributed by atoms with Gasteiger partial charge in [0.2, 0.25) is 0 Å². The minimum atomic E-state index is -0.726. The molecule has 3 heteroatoms. The Labute approximate surface area is 114 Å². The van der Waals surface area contributed by atoms with Gasteiger partial charge in [-0.3, -0.25) is 9.69 Å². The minimum Gasteiger partial charge on any atom is -0.481 e. The van der Waals surface area contributed by atoms with E-state index in [2.05, 4.69) is 35.7 Å². The number of carboxylic acid groups (broad SMARTS) is 1. The Kier molecular flexibility index (Phi) is 4.38. The molecule has 19 heavy (non-hydrogen) atoms. The molecule has 102 valence electrons. The molecule has 1 N–H and O–H groups in total. The maximum Gasteiger partial charge on any atom is 0.304 e. The Bertz CT molecular complexity index is 433. The lowest BCUT2D eigenvalue weighted by Crippen LogP contribution is -2.39. The number of carbonyl (C=O) groups is 1. The van der Waals surface area contributed by atoms with Crippen LogP contribution in [0.15, 0.2) is 43.0 Å². The minimum absolute atomic E-state index is 0.204. The van der Waals surface area contributed by atoms with Crippen LogP contribution in [0.25, 0.3) is 0 Å². The quantitative estimate of drug-likeness (QED) is 0.827. The second kappa shape index (κ2) is 6.02. The highest BCUT2D eigenvalue weighted by atomic mass is 16.4. The van der Waals surface area contributed by atoms with Gasteiger partial charge in [-0.05, 0) is 31.5 Å². The lowest BCUT2D eigenvalue weighted by atomic mass is 9.76. The molecule has 1 aliphatic heterocycles. The highest BCUT2D eigenvalue weighted by molar-refractivity contribution is 5.68. The number of rotatable bonds is 5. The number of aliphatic carboxylic acids is 1. The molecule has 1 aromatic rings. The van der Waals surface area contributed by atoms with Crippen molar-refractivity contribution in [1.82, 2.24) is 4.90 Å². The largest absolute Gasteiger partial charge is 0.481 e. The second-order valence-electron chi connectivity index (χ2n) is 5.40. The molecule has 0 radical (unpaired) electrons. The molecule has 2 rings (SSSR count). The van der Waals surface area contributed by atoms with E-state index in [4.69, 9.17) is 5.11 Å². The molecule has 0 bridgehead atoms. The van der Waals surface area contributed by atoms with Crippen molar-refractivity contribution < 1.29 is 9.90 Å². The van der Waals surface area contributed by atoms with Crippen LogP contribution in [0.1, 0.15) is 24.8 Å². The van der Waals surface area contributed by atoms with Crippen LogP contribution >= 0.6 is 0 Å². The van der Waals surface area contributed by atoms with Gasteiger partial charge in [0.15, 0.2) is 0 Å². The van der Waals surface area contributed by atoms with Gasteiger partial charge < -0.3 is 5.11 Å².